The van der Waals surface area contributed by atoms with E-state index < -0.39 is 0 Å². The zero-order chi connectivity index (χ0) is 11.5. The smallest absolute Gasteiger partial charge is 0.147 e. The Kier molecular flexibility index (Phi) is 3.19. The van der Waals surface area contributed by atoms with E-state index in [0.29, 0.717) is 11.6 Å². The highest BCUT2D eigenvalue weighted by Crippen LogP contribution is 2.32. The first-order chi connectivity index (χ1) is 7.76. The summed E-state index contributed by atoms with van der Waals surface area (Å²) in [5.41, 5.74) is 2.57. The van der Waals surface area contributed by atoms with Crippen molar-refractivity contribution in [2.75, 3.05) is 0 Å². The lowest BCUT2D eigenvalue weighted by Crippen LogP contribution is -2.08. The Balaban J connectivity index is 2.41. The standard InChI is InChI=1S/C13H17N3/c1-3-11-9(2)15-13(16-12(11)8-14)10-6-4-5-7-10/h10H,3-7H2,1-2H3. The number of nitrogens with zero attached hydrogens (tertiary/aromatic N) is 3. The van der Waals surface area contributed by atoms with Gasteiger partial charge in [-0.2, -0.15) is 5.26 Å². The Morgan fingerprint density at radius 2 is 2.00 bits per heavy atom. The second kappa shape index (κ2) is 4.61. The maximum Gasteiger partial charge on any atom is 0.147 e. The molecule has 0 aromatic carbocycles. The molecule has 1 heterocycles. The highest BCUT2D eigenvalue weighted by molar-refractivity contribution is 5.34. The summed E-state index contributed by atoms with van der Waals surface area (Å²) in [5.74, 6) is 1.38. The molecular weight excluding hydrogens is 198 g/mol. The molecule has 0 spiro atoms. The predicted octanol–water partition coefficient (Wildman–Crippen LogP) is 2.88. The van der Waals surface area contributed by atoms with Gasteiger partial charge >= 0.3 is 0 Å². The number of aromatic nitrogens is 2. The summed E-state index contributed by atoms with van der Waals surface area (Å²) in [6, 6.07) is 2.20. The van der Waals surface area contributed by atoms with Crippen LogP contribution in [0.2, 0.25) is 0 Å². The Bertz CT molecular complexity index is 426. The third kappa shape index (κ3) is 1.92. The van der Waals surface area contributed by atoms with E-state index in [-0.39, 0.29) is 0 Å². The van der Waals surface area contributed by atoms with Crippen LogP contribution in [-0.4, -0.2) is 9.97 Å². The van der Waals surface area contributed by atoms with Crippen LogP contribution < -0.4 is 0 Å². The Labute approximate surface area is 96.5 Å². The van der Waals surface area contributed by atoms with Gasteiger partial charge in [0.15, 0.2) is 0 Å². The third-order valence-electron chi connectivity index (χ3n) is 3.41. The van der Waals surface area contributed by atoms with E-state index in [1.807, 2.05) is 13.8 Å². The predicted molar refractivity (Wildman–Crippen MR) is 62.1 cm³/mol. The minimum Gasteiger partial charge on any atom is -0.238 e. The van der Waals surface area contributed by atoms with Gasteiger partial charge in [0, 0.05) is 17.2 Å². The molecule has 1 fully saturated rings. The van der Waals surface area contributed by atoms with Crippen molar-refractivity contribution in [1.29, 1.82) is 5.26 Å². The zero-order valence-electron chi connectivity index (χ0n) is 9.95. The summed E-state index contributed by atoms with van der Waals surface area (Å²) in [7, 11) is 0. The quantitative estimate of drug-likeness (QED) is 0.762. The minimum atomic E-state index is 0.483. The maximum atomic E-state index is 9.10. The van der Waals surface area contributed by atoms with E-state index in [1.54, 1.807) is 0 Å². The van der Waals surface area contributed by atoms with Crippen molar-refractivity contribution in [3.05, 3.63) is 22.8 Å². The van der Waals surface area contributed by atoms with Gasteiger partial charge in [0.05, 0.1) is 0 Å². The second-order valence-electron chi connectivity index (χ2n) is 4.44. The van der Waals surface area contributed by atoms with Gasteiger partial charge in [-0.05, 0) is 26.2 Å². The molecule has 1 aromatic rings. The molecule has 0 saturated heterocycles. The lowest BCUT2D eigenvalue weighted by Gasteiger charge is -2.11. The summed E-state index contributed by atoms with van der Waals surface area (Å²) >= 11 is 0. The average Bonchev–Trinajstić information content (AvgIpc) is 2.81. The first-order valence-electron chi connectivity index (χ1n) is 6.03. The molecule has 16 heavy (non-hydrogen) atoms. The molecule has 1 aliphatic rings. The first kappa shape index (κ1) is 11.1. The van der Waals surface area contributed by atoms with Crippen LogP contribution in [0.5, 0.6) is 0 Å². The molecule has 0 unspecified atom stereocenters. The maximum absolute atomic E-state index is 9.10. The molecule has 0 radical (unpaired) electrons. The molecule has 3 nitrogen and oxygen atoms in total. The van der Waals surface area contributed by atoms with Crippen molar-refractivity contribution in [2.24, 2.45) is 0 Å². The van der Waals surface area contributed by atoms with Crippen molar-refractivity contribution in [3.63, 3.8) is 0 Å². The molecule has 0 bridgehead atoms. The van der Waals surface area contributed by atoms with Gasteiger partial charge < -0.3 is 0 Å². The Hall–Kier alpha value is -1.43. The lowest BCUT2D eigenvalue weighted by atomic mass is 10.1. The molecule has 0 aliphatic heterocycles. The average molecular weight is 215 g/mol. The fourth-order valence-electron chi connectivity index (χ4n) is 2.50. The molecular formula is C13H17N3. The molecule has 0 N–H and O–H groups in total. The third-order valence-corrected chi connectivity index (χ3v) is 3.41. The molecule has 2 rings (SSSR count). The van der Waals surface area contributed by atoms with Crippen LogP contribution >= 0.6 is 0 Å². The van der Waals surface area contributed by atoms with Crippen LogP contribution in [0.25, 0.3) is 0 Å². The van der Waals surface area contributed by atoms with Crippen LogP contribution in [0.3, 0.4) is 0 Å². The van der Waals surface area contributed by atoms with E-state index >= 15 is 0 Å². The van der Waals surface area contributed by atoms with Gasteiger partial charge in [0.1, 0.15) is 17.6 Å². The van der Waals surface area contributed by atoms with Crippen molar-refractivity contribution in [2.45, 2.75) is 51.9 Å². The van der Waals surface area contributed by atoms with Crippen LogP contribution in [0.15, 0.2) is 0 Å². The number of nitriles is 1. The second-order valence-corrected chi connectivity index (χ2v) is 4.44. The summed E-state index contributed by atoms with van der Waals surface area (Å²) in [6.07, 6.45) is 5.72. The number of rotatable bonds is 2. The largest absolute Gasteiger partial charge is 0.238 e. The van der Waals surface area contributed by atoms with E-state index in [9.17, 15) is 0 Å². The van der Waals surface area contributed by atoms with E-state index in [4.69, 9.17) is 5.26 Å². The van der Waals surface area contributed by atoms with Crippen molar-refractivity contribution >= 4 is 0 Å². The summed E-state index contributed by atoms with van der Waals surface area (Å²) in [4.78, 5) is 9.00. The number of aryl methyl sites for hydroxylation is 1. The Morgan fingerprint density at radius 1 is 1.31 bits per heavy atom. The van der Waals surface area contributed by atoms with Gasteiger partial charge in [0.2, 0.25) is 0 Å². The van der Waals surface area contributed by atoms with Gasteiger partial charge in [-0.25, -0.2) is 9.97 Å². The van der Waals surface area contributed by atoms with Crippen LogP contribution in [0.4, 0.5) is 0 Å². The number of hydrogen-bond donors (Lipinski definition) is 0. The normalized spacial score (nSPS) is 16.3. The van der Waals surface area contributed by atoms with Crippen LogP contribution in [-0.2, 0) is 6.42 Å². The Morgan fingerprint density at radius 3 is 2.56 bits per heavy atom. The molecule has 3 heteroatoms. The number of hydrogen-bond acceptors (Lipinski definition) is 3. The van der Waals surface area contributed by atoms with Crippen LogP contribution in [0.1, 0.15) is 61.3 Å². The highest BCUT2D eigenvalue weighted by Gasteiger charge is 2.21. The zero-order valence-corrected chi connectivity index (χ0v) is 9.95. The van der Waals surface area contributed by atoms with Crippen molar-refractivity contribution < 1.29 is 0 Å². The van der Waals surface area contributed by atoms with Gasteiger partial charge in [0.25, 0.3) is 0 Å². The van der Waals surface area contributed by atoms with Crippen molar-refractivity contribution in [3.8, 4) is 6.07 Å². The molecule has 84 valence electrons. The first-order valence-corrected chi connectivity index (χ1v) is 6.03. The van der Waals surface area contributed by atoms with E-state index in [1.165, 1.54) is 25.7 Å². The summed E-state index contributed by atoms with van der Waals surface area (Å²) in [6.45, 7) is 4.03. The fourth-order valence-corrected chi connectivity index (χ4v) is 2.50. The molecule has 1 saturated carbocycles. The van der Waals surface area contributed by atoms with Gasteiger partial charge in [-0.15, -0.1) is 0 Å². The molecule has 0 atom stereocenters. The minimum absolute atomic E-state index is 0.483. The monoisotopic (exact) mass is 215 g/mol. The summed E-state index contributed by atoms with van der Waals surface area (Å²) < 4.78 is 0. The summed E-state index contributed by atoms with van der Waals surface area (Å²) in [5, 5.41) is 9.10. The van der Waals surface area contributed by atoms with Gasteiger partial charge in [-0.1, -0.05) is 19.8 Å². The van der Waals surface area contributed by atoms with E-state index in [2.05, 4.69) is 16.0 Å². The SMILES string of the molecule is CCc1c(C)nc(C2CCCC2)nc1C#N. The topological polar surface area (TPSA) is 49.6 Å². The van der Waals surface area contributed by atoms with Gasteiger partial charge in [-0.3, -0.25) is 0 Å². The van der Waals surface area contributed by atoms with Crippen LogP contribution in [0, 0.1) is 18.3 Å². The highest BCUT2D eigenvalue weighted by atomic mass is 14.9. The molecule has 0 amide bonds. The van der Waals surface area contributed by atoms with Crippen molar-refractivity contribution in [1.82, 2.24) is 9.97 Å². The molecule has 1 aliphatic carbocycles. The molecule has 1 aromatic heterocycles. The van der Waals surface area contributed by atoms with E-state index in [0.717, 1.165) is 23.5 Å². The fraction of sp³-hybridized carbons (Fsp3) is 0.615. The lowest BCUT2D eigenvalue weighted by molar-refractivity contribution is 0.659.